The minimum Gasteiger partial charge on any atom is -0.508 e. The smallest absolute Gasteiger partial charge is 0.407 e. The monoisotopic (exact) mass is 1620 g/mol. The van der Waals surface area contributed by atoms with Crippen LogP contribution in [-0.4, -0.2) is 146 Å². The largest absolute Gasteiger partial charge is 0.508 e. The SMILES string of the molecule is C1CCOC1.CC(=O)SCc1ccc(OCCN)cc1.CC(=O)c1ccc(O)cc1.CC(=O)c1ccc(OCCNC(=O)OC(C)(C)C)cc1.CC(C)(C)OC(=O)NCCOc1ccc(CO)cc1.CCCBr.CCc1ccc(OCCNC(=O)OC(C)(C)C)cc1.Cl.Cl.NCCOc1ccc(CS)cc1. The number of rotatable bonds is 26. The number of thioether (sulfide) groups is 1. The van der Waals surface area contributed by atoms with Crippen LogP contribution in [0.25, 0.3) is 0 Å². The van der Waals surface area contributed by atoms with Crippen molar-refractivity contribution in [3.8, 4) is 34.5 Å². The summed E-state index contributed by atoms with van der Waals surface area (Å²) in [5.41, 5.74) is 14.8. The zero-order valence-electron chi connectivity index (χ0n) is 64.2. The first-order valence-electron chi connectivity index (χ1n) is 34.5. The maximum absolute atomic E-state index is 11.4. The van der Waals surface area contributed by atoms with Gasteiger partial charge in [-0.25, -0.2) is 14.4 Å². The van der Waals surface area contributed by atoms with E-state index in [1.165, 1.54) is 68.1 Å². The van der Waals surface area contributed by atoms with Gasteiger partial charge >= 0.3 is 18.3 Å². The number of nitrogens with one attached hydrogen (secondary N) is 3. The van der Waals surface area contributed by atoms with Crippen molar-refractivity contribution >= 4 is 100 Å². The minimum absolute atomic E-state index is 0. The van der Waals surface area contributed by atoms with E-state index < -0.39 is 35.1 Å². The molecule has 0 spiro atoms. The average Bonchev–Trinajstić information content (AvgIpc) is 1.01. The summed E-state index contributed by atoms with van der Waals surface area (Å²) in [5.74, 6) is 5.53. The molecular formula is C79H118BrCl2N5O17S2. The molecule has 0 radical (unpaired) electrons. The molecule has 1 heterocycles. The van der Waals surface area contributed by atoms with E-state index in [4.69, 9.17) is 64.3 Å². The van der Waals surface area contributed by atoms with Crippen molar-refractivity contribution in [2.24, 2.45) is 11.5 Å². The van der Waals surface area contributed by atoms with Gasteiger partial charge in [0.15, 0.2) is 16.7 Å². The Kier molecular flexibility index (Phi) is 59.6. The molecule has 1 saturated heterocycles. The van der Waals surface area contributed by atoms with Crippen LogP contribution in [0.1, 0.15) is 159 Å². The van der Waals surface area contributed by atoms with Gasteiger partial charge in [0.1, 0.15) is 84.3 Å². The number of Topliss-reactive ketones (excluding diaryl/α,β-unsaturated/α-hetero) is 2. The zero-order chi connectivity index (χ0) is 78.2. The molecule has 0 atom stereocenters. The van der Waals surface area contributed by atoms with E-state index in [9.17, 15) is 28.8 Å². The minimum atomic E-state index is -0.506. The molecule has 3 amide bonds. The fourth-order valence-electron chi connectivity index (χ4n) is 7.32. The molecule has 6 aromatic rings. The van der Waals surface area contributed by atoms with Crippen molar-refractivity contribution in [1.29, 1.82) is 0 Å². The van der Waals surface area contributed by atoms with E-state index in [1.54, 1.807) is 88.4 Å². The first-order chi connectivity index (χ1) is 49.3. The predicted molar refractivity (Wildman–Crippen MR) is 437 cm³/mol. The van der Waals surface area contributed by atoms with Crippen LogP contribution in [0.5, 0.6) is 34.5 Å². The highest BCUT2D eigenvalue weighted by Crippen LogP contribution is 2.19. The summed E-state index contributed by atoms with van der Waals surface area (Å²) in [5, 5.41) is 26.8. The molecule has 0 bridgehead atoms. The average molecular weight is 1620 g/mol. The Labute approximate surface area is 660 Å². The molecule has 0 saturated carbocycles. The first-order valence-corrected chi connectivity index (χ1v) is 37.2. The van der Waals surface area contributed by atoms with Gasteiger partial charge in [0.2, 0.25) is 0 Å². The molecule has 7 rings (SSSR count). The Morgan fingerprint density at radius 3 is 1.03 bits per heavy atom. The maximum atomic E-state index is 11.4. The van der Waals surface area contributed by atoms with E-state index in [-0.39, 0.29) is 53.9 Å². The molecule has 0 aromatic heterocycles. The lowest BCUT2D eigenvalue weighted by molar-refractivity contribution is -0.109. The van der Waals surface area contributed by atoms with Crippen LogP contribution in [0.15, 0.2) is 146 Å². The van der Waals surface area contributed by atoms with Crippen molar-refractivity contribution in [2.75, 3.05) is 84.3 Å². The summed E-state index contributed by atoms with van der Waals surface area (Å²) >= 11 is 8.71. The second-order valence-electron chi connectivity index (χ2n) is 25.3. The molecule has 27 heteroatoms. The van der Waals surface area contributed by atoms with Crippen molar-refractivity contribution in [3.63, 3.8) is 0 Å². The molecule has 106 heavy (non-hydrogen) atoms. The van der Waals surface area contributed by atoms with Crippen LogP contribution in [0.4, 0.5) is 14.4 Å². The molecule has 1 fully saturated rings. The molecule has 0 unspecified atom stereocenters. The molecule has 0 aliphatic carbocycles. The topological polar surface area (TPSA) is 314 Å². The Morgan fingerprint density at radius 2 is 0.774 bits per heavy atom. The number of ketones is 2. The molecule has 22 nitrogen and oxygen atoms in total. The van der Waals surface area contributed by atoms with E-state index >= 15 is 0 Å². The van der Waals surface area contributed by atoms with Crippen LogP contribution in [-0.2, 0) is 48.3 Å². The van der Waals surface area contributed by atoms with Crippen LogP contribution in [0.2, 0.25) is 0 Å². The van der Waals surface area contributed by atoms with E-state index in [1.807, 2.05) is 114 Å². The van der Waals surface area contributed by atoms with Gasteiger partial charge in [0.25, 0.3) is 0 Å². The highest BCUT2D eigenvalue weighted by molar-refractivity contribution is 9.09. The quantitative estimate of drug-likeness (QED) is 0.00822. The second kappa shape index (κ2) is 61.5. The number of carbonyl (C=O) groups is 6. The number of halogens is 3. The van der Waals surface area contributed by atoms with E-state index in [2.05, 4.69) is 58.4 Å². The first kappa shape index (κ1) is 103. The van der Waals surface area contributed by atoms with Crippen molar-refractivity contribution in [2.45, 2.75) is 158 Å². The van der Waals surface area contributed by atoms with Gasteiger partial charge in [-0.05, 0) is 221 Å². The van der Waals surface area contributed by atoms with Crippen molar-refractivity contribution in [3.05, 3.63) is 179 Å². The number of aliphatic hydroxyl groups is 1. The number of hydrogen-bond acceptors (Lipinski definition) is 21. The highest BCUT2D eigenvalue weighted by Gasteiger charge is 2.18. The number of aromatic hydroxyl groups is 1. The summed E-state index contributed by atoms with van der Waals surface area (Å²) in [4.78, 5) is 66.6. The number of aryl methyl sites for hydroxylation is 1. The van der Waals surface area contributed by atoms with Gasteiger partial charge in [-0.3, -0.25) is 14.4 Å². The zero-order valence-corrected chi connectivity index (χ0v) is 69.2. The molecule has 9 N–H and O–H groups in total. The lowest BCUT2D eigenvalue weighted by atomic mass is 10.1. The Balaban J connectivity index is -0.00000118. The van der Waals surface area contributed by atoms with Gasteiger partial charge in [-0.2, -0.15) is 12.6 Å². The number of alkyl carbamates (subject to hydrolysis) is 3. The van der Waals surface area contributed by atoms with Crippen LogP contribution < -0.4 is 51.1 Å². The van der Waals surface area contributed by atoms with Gasteiger partial charge in [-0.1, -0.05) is 90.1 Å². The molecule has 1 aliphatic rings. The number of benzene rings is 6. The molecule has 594 valence electrons. The standard InChI is InChI=1S/C15H21NO4.C15H23NO3.C14H21NO4.C11H15NO2S.C9H13NOS.C8H8O2.C4H8O.C3H7Br.2ClH/c1-11(17)12-5-7-13(8-6-12)19-10-9-16-14(18)20-15(2,3)4;1-5-12-6-8-13(9-7-12)18-11-10-16-14(17)19-15(2,3)4;1-14(2,3)19-13(17)15-8-9-18-12-6-4-11(10-16)5-7-12;1-9(13)15-8-10-2-4-11(5-3-10)14-7-6-12;10-5-6-11-9-3-1-8(7-12)2-4-9;1-6(9)7-2-4-8(10)5-3-7;1-2-4-5-3-1;1-2-3-4;;/h5-8H,9-10H2,1-4H3,(H,16,18);6-9H,5,10-11H2,1-4H3,(H,16,17);4-7,16H,8-10H2,1-3H3,(H,15,17);2-5H,6-8,12H2,1H3;1-4,12H,5-7,10H2;2-5,10H,1H3;1-4H2;2-3H2,1H3;2*1H. The Bertz CT molecular complexity index is 3160. The number of phenolic OH excluding ortho intramolecular Hbond substituents is 1. The number of nitrogens with two attached hydrogens (primary N) is 2. The number of thiol groups is 1. The summed E-state index contributed by atoms with van der Waals surface area (Å²) in [6.45, 7) is 31.6. The third-order valence-electron chi connectivity index (χ3n) is 12.4. The van der Waals surface area contributed by atoms with Gasteiger partial charge in [-0.15, -0.1) is 24.8 Å². The fourth-order valence-corrected chi connectivity index (χ4v) is 8.10. The van der Waals surface area contributed by atoms with E-state index in [0.29, 0.717) is 94.1 Å². The number of amides is 3. The second-order valence-corrected chi connectivity index (χ2v) is 27.6. The Hall–Kier alpha value is -7.46. The number of carbonyl (C=O) groups excluding carboxylic acids is 6. The predicted octanol–water partition coefficient (Wildman–Crippen LogP) is 16.3. The van der Waals surface area contributed by atoms with Gasteiger partial charge < -0.3 is 80.3 Å². The lowest BCUT2D eigenvalue weighted by Gasteiger charge is -2.19. The summed E-state index contributed by atoms with van der Waals surface area (Å²) < 4.78 is 47.3. The van der Waals surface area contributed by atoms with Crippen LogP contribution in [0, 0.1) is 0 Å². The fraction of sp³-hybridized carbons (Fsp3) is 0.468. The number of alkyl halides is 1. The van der Waals surface area contributed by atoms with Gasteiger partial charge in [0, 0.05) is 61.2 Å². The number of ether oxygens (including phenoxy) is 9. The summed E-state index contributed by atoms with van der Waals surface area (Å²) in [6.07, 6.45) is 3.47. The Morgan fingerprint density at radius 1 is 0.481 bits per heavy atom. The highest BCUT2D eigenvalue weighted by atomic mass is 79.9. The maximum Gasteiger partial charge on any atom is 0.407 e. The van der Waals surface area contributed by atoms with E-state index in [0.717, 1.165) is 59.1 Å². The summed E-state index contributed by atoms with van der Waals surface area (Å²) in [7, 11) is 0. The van der Waals surface area contributed by atoms with Crippen molar-refractivity contribution in [1.82, 2.24) is 16.0 Å². The number of aliphatic hydroxyl groups excluding tert-OH is 1. The third-order valence-corrected chi connectivity index (χ3v) is 14.4. The molecule has 1 aliphatic heterocycles. The lowest BCUT2D eigenvalue weighted by Crippen LogP contribution is -2.34. The van der Waals surface area contributed by atoms with Crippen LogP contribution in [0.3, 0.4) is 0 Å². The van der Waals surface area contributed by atoms with Crippen molar-refractivity contribution < 1.29 is 81.6 Å². The normalized spacial score (nSPS) is 10.8. The molecular weight excluding hydrogens is 1510 g/mol. The number of hydrogen-bond donors (Lipinski definition) is 8. The summed E-state index contributed by atoms with van der Waals surface area (Å²) in [6, 6.07) is 43.7. The third kappa shape index (κ3) is 59.7. The van der Waals surface area contributed by atoms with Crippen LogP contribution >= 0.6 is 65.1 Å². The van der Waals surface area contributed by atoms with Gasteiger partial charge in [0.05, 0.1) is 26.2 Å². The number of phenols is 1. The molecule has 6 aromatic carbocycles.